The monoisotopic (exact) mass is 285 g/mol. The second-order valence-electron chi connectivity index (χ2n) is 5.56. The van der Waals surface area contributed by atoms with Crippen LogP contribution in [-0.2, 0) is 6.54 Å². The molecule has 0 aliphatic carbocycles. The molecule has 1 aliphatic rings. The van der Waals surface area contributed by atoms with E-state index in [1.807, 2.05) is 24.3 Å². The lowest BCUT2D eigenvalue weighted by Gasteiger charge is -2.11. The lowest BCUT2D eigenvalue weighted by Crippen LogP contribution is -2.25. The minimum absolute atomic E-state index is 0.00657. The summed E-state index contributed by atoms with van der Waals surface area (Å²) in [5.41, 5.74) is 1.71. The average molecular weight is 285 g/mol. The number of para-hydroxylation sites is 1. The highest BCUT2D eigenvalue weighted by atomic mass is 16.5. The number of ether oxygens (including phenoxy) is 1. The predicted octanol–water partition coefficient (Wildman–Crippen LogP) is 1.79. The zero-order valence-corrected chi connectivity index (χ0v) is 12.2. The number of aromatic amines is 1. The number of benzene rings is 1. The molecule has 0 amide bonds. The Labute approximate surface area is 123 Å². The van der Waals surface area contributed by atoms with Crippen LogP contribution in [0, 0.1) is 0 Å². The molecule has 110 valence electrons. The fourth-order valence-corrected chi connectivity index (χ4v) is 2.48. The molecule has 0 saturated heterocycles. The number of nitrogens with zero attached hydrogens (tertiary/aromatic N) is 1. The van der Waals surface area contributed by atoms with Crippen molar-refractivity contribution in [3.05, 3.63) is 57.8 Å². The molecule has 1 aromatic carbocycles. The molecule has 5 nitrogen and oxygen atoms in total. The molecular weight excluding hydrogens is 266 g/mol. The number of fused-ring (bicyclic) bond motifs is 1. The molecule has 0 saturated carbocycles. The normalized spacial score (nSPS) is 16.8. The minimum atomic E-state index is -0.120. The van der Waals surface area contributed by atoms with Crippen molar-refractivity contribution in [2.75, 3.05) is 6.61 Å². The van der Waals surface area contributed by atoms with Gasteiger partial charge in [-0.2, -0.15) is 0 Å². The van der Waals surface area contributed by atoms with Gasteiger partial charge in [-0.05, 0) is 6.07 Å². The molecule has 0 radical (unpaired) electrons. The van der Waals surface area contributed by atoms with Crippen LogP contribution in [0.4, 0.5) is 0 Å². The van der Waals surface area contributed by atoms with E-state index in [1.54, 1.807) is 6.07 Å². The summed E-state index contributed by atoms with van der Waals surface area (Å²) < 4.78 is 5.67. The Kier molecular flexibility index (Phi) is 3.75. The summed E-state index contributed by atoms with van der Waals surface area (Å²) in [5.74, 6) is 1.54. The maximum Gasteiger partial charge on any atom is 0.251 e. The molecule has 2 heterocycles. The fourth-order valence-electron chi connectivity index (χ4n) is 2.48. The topological polar surface area (TPSA) is 67.0 Å². The molecule has 5 heteroatoms. The Balaban J connectivity index is 1.91. The molecule has 1 unspecified atom stereocenters. The van der Waals surface area contributed by atoms with Crippen molar-refractivity contribution < 1.29 is 4.74 Å². The van der Waals surface area contributed by atoms with Crippen molar-refractivity contribution in [2.24, 2.45) is 0 Å². The molecule has 1 atom stereocenters. The van der Waals surface area contributed by atoms with E-state index in [9.17, 15) is 4.79 Å². The van der Waals surface area contributed by atoms with Crippen molar-refractivity contribution in [2.45, 2.75) is 32.4 Å². The number of hydrogen-bond donors (Lipinski definition) is 2. The van der Waals surface area contributed by atoms with E-state index in [0.717, 1.165) is 17.0 Å². The van der Waals surface area contributed by atoms with Gasteiger partial charge in [-0.25, -0.2) is 4.98 Å². The summed E-state index contributed by atoms with van der Waals surface area (Å²) in [4.78, 5) is 19.3. The summed E-state index contributed by atoms with van der Waals surface area (Å²) >= 11 is 0. The van der Waals surface area contributed by atoms with Gasteiger partial charge in [0.15, 0.2) is 0 Å². The van der Waals surface area contributed by atoms with Gasteiger partial charge >= 0.3 is 0 Å². The van der Waals surface area contributed by atoms with Crippen molar-refractivity contribution in [3.8, 4) is 5.75 Å². The molecule has 1 aromatic heterocycles. The Morgan fingerprint density at radius 2 is 2.24 bits per heavy atom. The van der Waals surface area contributed by atoms with E-state index in [0.29, 0.717) is 25.0 Å². The van der Waals surface area contributed by atoms with Gasteiger partial charge in [-0.1, -0.05) is 32.0 Å². The van der Waals surface area contributed by atoms with E-state index >= 15 is 0 Å². The van der Waals surface area contributed by atoms with Gasteiger partial charge in [0, 0.05) is 24.2 Å². The lowest BCUT2D eigenvalue weighted by atomic mass is 10.0. The molecule has 3 rings (SSSR count). The Morgan fingerprint density at radius 1 is 1.43 bits per heavy atom. The fraction of sp³-hybridized carbons (Fsp3) is 0.375. The van der Waals surface area contributed by atoms with Crippen molar-refractivity contribution in [1.29, 1.82) is 0 Å². The second-order valence-corrected chi connectivity index (χ2v) is 5.56. The van der Waals surface area contributed by atoms with Gasteiger partial charge in [0.05, 0.1) is 11.6 Å². The van der Waals surface area contributed by atoms with Crippen molar-refractivity contribution >= 4 is 0 Å². The maximum absolute atomic E-state index is 11.9. The summed E-state index contributed by atoms with van der Waals surface area (Å²) in [6.45, 7) is 5.23. The second kappa shape index (κ2) is 5.69. The summed E-state index contributed by atoms with van der Waals surface area (Å²) in [5, 5.41) is 3.28. The molecule has 0 bridgehead atoms. The zero-order valence-electron chi connectivity index (χ0n) is 12.2. The van der Waals surface area contributed by atoms with Crippen LogP contribution in [-0.4, -0.2) is 22.6 Å². The molecular formula is C16H19N3O2. The van der Waals surface area contributed by atoms with Gasteiger partial charge in [-0.3, -0.25) is 4.79 Å². The van der Waals surface area contributed by atoms with Gasteiger partial charge in [0.1, 0.15) is 18.2 Å². The average Bonchev–Trinajstić information content (AvgIpc) is 2.88. The van der Waals surface area contributed by atoms with Crippen LogP contribution in [0.2, 0.25) is 0 Å². The summed E-state index contributed by atoms with van der Waals surface area (Å²) in [6, 6.07) is 9.78. The minimum Gasteiger partial charge on any atom is -0.492 e. The van der Waals surface area contributed by atoms with Gasteiger partial charge < -0.3 is 15.0 Å². The summed E-state index contributed by atoms with van der Waals surface area (Å²) in [7, 11) is 0. The van der Waals surface area contributed by atoms with Crippen LogP contribution in [0.3, 0.4) is 0 Å². The van der Waals surface area contributed by atoms with E-state index < -0.39 is 0 Å². The molecule has 2 aromatic rings. The number of nitrogens with one attached hydrogen (secondary N) is 2. The number of H-pyrrole nitrogens is 1. The third kappa shape index (κ3) is 2.97. The van der Waals surface area contributed by atoms with Crippen LogP contribution in [0.1, 0.15) is 36.8 Å². The largest absolute Gasteiger partial charge is 0.492 e. The number of hydrogen-bond acceptors (Lipinski definition) is 4. The first kappa shape index (κ1) is 13.8. The van der Waals surface area contributed by atoms with E-state index in [1.165, 1.54) is 0 Å². The van der Waals surface area contributed by atoms with Crippen molar-refractivity contribution in [3.63, 3.8) is 0 Å². The quantitative estimate of drug-likeness (QED) is 0.899. The highest BCUT2D eigenvalue weighted by Crippen LogP contribution is 2.36. The SMILES string of the molecule is CC(C)NCc1cc(=O)[nH]c(C2COc3ccccc32)n1. The van der Waals surface area contributed by atoms with Gasteiger partial charge in [0.2, 0.25) is 0 Å². The zero-order chi connectivity index (χ0) is 14.8. The molecule has 21 heavy (non-hydrogen) atoms. The van der Waals surface area contributed by atoms with Crippen LogP contribution in [0.25, 0.3) is 0 Å². The van der Waals surface area contributed by atoms with E-state index in [2.05, 4.69) is 29.1 Å². The third-order valence-corrected chi connectivity index (χ3v) is 3.53. The van der Waals surface area contributed by atoms with Crippen LogP contribution >= 0.6 is 0 Å². The summed E-state index contributed by atoms with van der Waals surface area (Å²) in [6.07, 6.45) is 0. The van der Waals surface area contributed by atoms with E-state index in [4.69, 9.17) is 4.74 Å². The Morgan fingerprint density at radius 3 is 3.05 bits per heavy atom. The molecule has 0 spiro atoms. The maximum atomic E-state index is 11.9. The van der Waals surface area contributed by atoms with Crippen LogP contribution in [0.15, 0.2) is 35.1 Å². The van der Waals surface area contributed by atoms with Crippen LogP contribution < -0.4 is 15.6 Å². The van der Waals surface area contributed by atoms with Crippen molar-refractivity contribution in [1.82, 2.24) is 15.3 Å². The molecule has 0 fully saturated rings. The highest BCUT2D eigenvalue weighted by molar-refractivity contribution is 5.42. The first-order chi connectivity index (χ1) is 10.1. The Bertz CT molecular complexity index is 694. The Hall–Kier alpha value is -2.14. The smallest absolute Gasteiger partial charge is 0.251 e. The first-order valence-electron chi connectivity index (χ1n) is 7.18. The van der Waals surface area contributed by atoms with Gasteiger partial charge in [-0.15, -0.1) is 0 Å². The number of rotatable bonds is 4. The lowest BCUT2D eigenvalue weighted by molar-refractivity contribution is 0.339. The molecule has 2 N–H and O–H groups in total. The van der Waals surface area contributed by atoms with Crippen LogP contribution in [0.5, 0.6) is 5.75 Å². The third-order valence-electron chi connectivity index (χ3n) is 3.53. The standard InChI is InChI=1S/C16H19N3O2/c1-10(2)17-8-11-7-15(20)19-16(18-11)13-9-21-14-6-4-3-5-12(13)14/h3-7,10,13,17H,8-9H2,1-2H3,(H,18,19,20). The highest BCUT2D eigenvalue weighted by Gasteiger charge is 2.27. The van der Waals surface area contributed by atoms with E-state index in [-0.39, 0.29) is 11.5 Å². The first-order valence-corrected chi connectivity index (χ1v) is 7.18. The number of aromatic nitrogens is 2. The molecule has 1 aliphatic heterocycles. The predicted molar refractivity (Wildman–Crippen MR) is 80.6 cm³/mol. The van der Waals surface area contributed by atoms with Gasteiger partial charge in [0.25, 0.3) is 5.56 Å².